The third-order valence-electron chi connectivity index (χ3n) is 3.89. The fourth-order valence-corrected chi connectivity index (χ4v) is 4.76. The van der Waals surface area contributed by atoms with E-state index in [-0.39, 0.29) is 16.5 Å². The molecule has 0 unspecified atom stereocenters. The Balaban J connectivity index is 1.96. The first kappa shape index (κ1) is 21.3. The van der Waals surface area contributed by atoms with Crippen molar-refractivity contribution in [2.24, 2.45) is 0 Å². The van der Waals surface area contributed by atoms with Crippen molar-refractivity contribution in [3.63, 3.8) is 0 Å². The minimum atomic E-state index is -3.41. The summed E-state index contributed by atoms with van der Waals surface area (Å²) >= 11 is 7.35. The van der Waals surface area contributed by atoms with Crippen LogP contribution in [0, 0.1) is 0 Å². The van der Waals surface area contributed by atoms with Crippen LogP contribution in [0.2, 0.25) is 5.02 Å². The Morgan fingerprint density at radius 3 is 2.31 bits per heavy atom. The van der Waals surface area contributed by atoms with Crippen molar-refractivity contribution < 1.29 is 23.0 Å². The van der Waals surface area contributed by atoms with Crippen molar-refractivity contribution in [3.05, 3.63) is 40.2 Å². The predicted octanol–water partition coefficient (Wildman–Crippen LogP) is 3.52. The first-order valence-electron chi connectivity index (χ1n) is 8.22. The Hall–Kier alpha value is -2.40. The van der Waals surface area contributed by atoms with Crippen LogP contribution in [0.1, 0.15) is 4.88 Å². The maximum absolute atomic E-state index is 11.7. The molecule has 0 fully saturated rings. The lowest BCUT2D eigenvalue weighted by Gasteiger charge is -2.07. The van der Waals surface area contributed by atoms with E-state index in [0.717, 1.165) is 6.26 Å². The second-order valence-electron chi connectivity index (χ2n) is 5.93. The van der Waals surface area contributed by atoms with Gasteiger partial charge < -0.3 is 19.9 Å². The zero-order chi connectivity index (χ0) is 21.2. The Kier molecular flexibility index (Phi) is 6.27. The molecule has 0 amide bonds. The second kappa shape index (κ2) is 8.54. The number of sulfone groups is 1. The lowest BCUT2D eigenvalue weighted by Crippen LogP contribution is -1.99. The summed E-state index contributed by atoms with van der Waals surface area (Å²) in [4.78, 5) is 9.38. The molecule has 0 atom stereocenters. The molecule has 2 heterocycles. The number of benzene rings is 1. The summed E-state index contributed by atoms with van der Waals surface area (Å²) in [6.45, 7) is -0.213. The van der Waals surface area contributed by atoms with Gasteiger partial charge in [-0.2, -0.15) is 4.98 Å². The van der Waals surface area contributed by atoms with Gasteiger partial charge in [0.15, 0.2) is 15.0 Å². The van der Waals surface area contributed by atoms with Gasteiger partial charge in [0.1, 0.15) is 0 Å². The van der Waals surface area contributed by atoms with Crippen LogP contribution < -0.4 is 14.8 Å². The highest BCUT2D eigenvalue weighted by molar-refractivity contribution is 7.90. The summed E-state index contributed by atoms with van der Waals surface area (Å²) in [5.74, 6) is 0.711. The minimum Gasteiger partial charge on any atom is -0.481 e. The second-order valence-corrected chi connectivity index (χ2v) is 9.41. The summed E-state index contributed by atoms with van der Waals surface area (Å²) in [6.07, 6.45) is 1.10. The van der Waals surface area contributed by atoms with Crippen LogP contribution in [0.3, 0.4) is 0 Å². The SMILES string of the molecule is COc1cc(-c2nc(Nc3ccc(S(C)(=O)=O)c(Cl)c3)sc2CO)cc(OC)n1. The zero-order valence-electron chi connectivity index (χ0n) is 15.8. The van der Waals surface area contributed by atoms with Crippen LogP contribution in [0.5, 0.6) is 11.8 Å². The number of pyridine rings is 1. The molecule has 0 aliphatic heterocycles. The number of aliphatic hydroxyl groups excluding tert-OH is 1. The van der Waals surface area contributed by atoms with Crippen LogP contribution in [0.25, 0.3) is 11.3 Å². The van der Waals surface area contributed by atoms with Gasteiger partial charge in [-0.3, -0.25) is 0 Å². The number of aromatic nitrogens is 2. The van der Waals surface area contributed by atoms with Gasteiger partial charge in [0.2, 0.25) is 11.8 Å². The highest BCUT2D eigenvalue weighted by atomic mass is 35.5. The molecule has 0 bridgehead atoms. The molecule has 2 aromatic heterocycles. The van der Waals surface area contributed by atoms with Gasteiger partial charge in [-0.1, -0.05) is 22.9 Å². The van der Waals surface area contributed by atoms with Crippen molar-refractivity contribution in [1.29, 1.82) is 0 Å². The topological polar surface area (TPSA) is 111 Å². The summed E-state index contributed by atoms with van der Waals surface area (Å²) < 4.78 is 33.8. The Bertz CT molecular complexity index is 1130. The number of anilines is 2. The Labute approximate surface area is 177 Å². The summed E-state index contributed by atoms with van der Waals surface area (Å²) in [5.41, 5.74) is 1.79. The van der Waals surface area contributed by atoms with Crippen molar-refractivity contribution in [3.8, 4) is 23.0 Å². The molecular weight excluding hydrogens is 438 g/mol. The summed E-state index contributed by atoms with van der Waals surface area (Å²) in [7, 11) is -0.421. The standard InChI is InChI=1S/C18H18ClN3O5S2/c1-26-15-6-10(7-16(21-15)27-2)17-13(9-23)28-18(22-17)20-11-4-5-14(12(19)8-11)29(3,24)25/h4-8,23H,9H2,1-3H3,(H,20,22). The number of aliphatic hydroxyl groups is 1. The van der Waals surface area contributed by atoms with E-state index < -0.39 is 9.84 Å². The molecular formula is C18H18ClN3O5S2. The molecule has 11 heteroatoms. The van der Waals surface area contributed by atoms with Crippen LogP contribution >= 0.6 is 22.9 Å². The van der Waals surface area contributed by atoms with Gasteiger partial charge in [-0.15, -0.1) is 0 Å². The van der Waals surface area contributed by atoms with Gasteiger partial charge in [-0.05, 0) is 18.2 Å². The molecule has 3 rings (SSSR count). The normalized spacial score (nSPS) is 11.3. The average molecular weight is 456 g/mol. The molecule has 0 aliphatic carbocycles. The number of hydrogen-bond donors (Lipinski definition) is 2. The lowest BCUT2D eigenvalue weighted by molar-refractivity contribution is 0.286. The van der Waals surface area contributed by atoms with E-state index >= 15 is 0 Å². The van der Waals surface area contributed by atoms with Crippen LogP contribution in [-0.2, 0) is 16.4 Å². The molecule has 0 radical (unpaired) electrons. The van der Waals surface area contributed by atoms with E-state index in [2.05, 4.69) is 15.3 Å². The number of rotatable bonds is 7. The van der Waals surface area contributed by atoms with Crippen molar-refractivity contribution in [1.82, 2.24) is 9.97 Å². The monoisotopic (exact) mass is 455 g/mol. The number of halogens is 1. The quantitative estimate of drug-likeness (QED) is 0.556. The van der Waals surface area contributed by atoms with Gasteiger partial charge >= 0.3 is 0 Å². The van der Waals surface area contributed by atoms with Gasteiger partial charge in [0, 0.05) is 29.6 Å². The largest absolute Gasteiger partial charge is 0.481 e. The van der Waals surface area contributed by atoms with Crippen molar-refractivity contribution >= 4 is 43.6 Å². The molecule has 1 aromatic carbocycles. The number of hydrogen-bond acceptors (Lipinski definition) is 9. The summed E-state index contributed by atoms with van der Waals surface area (Å²) in [6, 6.07) is 7.92. The van der Waals surface area contributed by atoms with Crippen LogP contribution in [0.15, 0.2) is 35.2 Å². The maximum atomic E-state index is 11.7. The first-order valence-corrected chi connectivity index (χ1v) is 11.3. The number of nitrogens with zero attached hydrogens (tertiary/aromatic N) is 2. The van der Waals surface area contributed by atoms with E-state index in [9.17, 15) is 13.5 Å². The predicted molar refractivity (Wildman–Crippen MR) is 112 cm³/mol. The van der Waals surface area contributed by atoms with E-state index in [0.29, 0.717) is 38.7 Å². The first-order chi connectivity index (χ1) is 13.7. The molecule has 0 saturated carbocycles. The molecule has 0 saturated heterocycles. The zero-order valence-corrected chi connectivity index (χ0v) is 18.2. The highest BCUT2D eigenvalue weighted by Gasteiger charge is 2.17. The van der Waals surface area contributed by atoms with Crippen molar-refractivity contribution in [2.45, 2.75) is 11.5 Å². The van der Waals surface area contributed by atoms with Crippen molar-refractivity contribution in [2.75, 3.05) is 25.8 Å². The third-order valence-corrected chi connectivity index (χ3v) is 6.43. The van der Waals surface area contributed by atoms with Crippen LogP contribution in [-0.4, -0.2) is 44.0 Å². The molecule has 3 aromatic rings. The molecule has 2 N–H and O–H groups in total. The van der Waals surface area contributed by atoms with E-state index in [1.165, 1.54) is 37.7 Å². The highest BCUT2D eigenvalue weighted by Crippen LogP contribution is 2.36. The van der Waals surface area contributed by atoms with Gasteiger partial charge in [0.25, 0.3) is 0 Å². The molecule has 8 nitrogen and oxygen atoms in total. The number of thiazole rings is 1. The lowest BCUT2D eigenvalue weighted by atomic mass is 10.2. The van der Waals surface area contributed by atoms with Crippen LogP contribution in [0.4, 0.5) is 10.8 Å². The number of nitrogens with one attached hydrogen (secondary N) is 1. The molecule has 0 spiro atoms. The van der Waals surface area contributed by atoms with E-state index in [1.807, 2.05) is 0 Å². The van der Waals surface area contributed by atoms with E-state index in [4.69, 9.17) is 21.1 Å². The fraction of sp³-hybridized carbons (Fsp3) is 0.222. The average Bonchev–Trinajstić information content (AvgIpc) is 3.09. The Morgan fingerprint density at radius 1 is 1.14 bits per heavy atom. The van der Waals surface area contributed by atoms with Gasteiger partial charge in [0.05, 0.1) is 41.3 Å². The maximum Gasteiger partial charge on any atom is 0.216 e. The smallest absolute Gasteiger partial charge is 0.216 e. The van der Waals surface area contributed by atoms with E-state index in [1.54, 1.807) is 18.2 Å². The fourth-order valence-electron chi connectivity index (χ4n) is 2.57. The minimum absolute atomic E-state index is 0.0524. The molecule has 0 aliphatic rings. The number of ether oxygens (including phenoxy) is 2. The third kappa shape index (κ3) is 4.78. The molecule has 154 valence electrons. The Morgan fingerprint density at radius 2 is 1.79 bits per heavy atom. The van der Waals surface area contributed by atoms with Gasteiger partial charge in [-0.25, -0.2) is 13.4 Å². The molecule has 29 heavy (non-hydrogen) atoms. The number of methoxy groups -OCH3 is 2. The summed E-state index contributed by atoms with van der Waals surface area (Å²) in [5, 5.41) is 13.5.